The van der Waals surface area contributed by atoms with Crippen LogP contribution in [0.15, 0.2) is 60.7 Å². The van der Waals surface area contributed by atoms with Crippen LogP contribution in [0.25, 0.3) is 11.3 Å². The van der Waals surface area contributed by atoms with Crippen LogP contribution in [0.3, 0.4) is 0 Å². The SMILES string of the molecule is CCOC(=O)c1cc(-c2ccccc2Cc2ccccc2)n[nH]1. The average molecular weight is 306 g/mol. The topological polar surface area (TPSA) is 55.0 Å². The van der Waals surface area contributed by atoms with Crippen LogP contribution in [-0.2, 0) is 11.2 Å². The van der Waals surface area contributed by atoms with E-state index in [1.807, 2.05) is 36.4 Å². The maximum absolute atomic E-state index is 11.8. The van der Waals surface area contributed by atoms with Crippen LogP contribution in [0.1, 0.15) is 28.5 Å². The summed E-state index contributed by atoms with van der Waals surface area (Å²) < 4.78 is 4.99. The fraction of sp³-hybridized carbons (Fsp3) is 0.158. The monoisotopic (exact) mass is 306 g/mol. The molecule has 1 aromatic heterocycles. The Morgan fingerprint density at radius 3 is 2.61 bits per heavy atom. The zero-order chi connectivity index (χ0) is 16.1. The molecular weight excluding hydrogens is 288 g/mol. The Labute approximate surface area is 135 Å². The van der Waals surface area contributed by atoms with Gasteiger partial charge in [0.15, 0.2) is 0 Å². The van der Waals surface area contributed by atoms with Gasteiger partial charge in [0.1, 0.15) is 5.69 Å². The van der Waals surface area contributed by atoms with Gasteiger partial charge >= 0.3 is 5.97 Å². The van der Waals surface area contributed by atoms with Gasteiger partial charge in [0.05, 0.1) is 12.3 Å². The van der Waals surface area contributed by atoms with Crippen LogP contribution in [0.5, 0.6) is 0 Å². The van der Waals surface area contributed by atoms with E-state index in [0.29, 0.717) is 12.3 Å². The Morgan fingerprint density at radius 1 is 1.09 bits per heavy atom. The van der Waals surface area contributed by atoms with Crippen molar-refractivity contribution in [2.45, 2.75) is 13.3 Å². The minimum Gasteiger partial charge on any atom is -0.461 e. The van der Waals surface area contributed by atoms with E-state index in [4.69, 9.17) is 4.74 Å². The first-order valence-electron chi connectivity index (χ1n) is 7.62. The molecule has 2 aromatic carbocycles. The van der Waals surface area contributed by atoms with Crippen LogP contribution in [0.4, 0.5) is 0 Å². The largest absolute Gasteiger partial charge is 0.461 e. The van der Waals surface area contributed by atoms with E-state index in [9.17, 15) is 4.79 Å². The third-order valence-corrected chi connectivity index (χ3v) is 3.60. The summed E-state index contributed by atoms with van der Waals surface area (Å²) in [4.78, 5) is 11.8. The zero-order valence-corrected chi connectivity index (χ0v) is 13.0. The first-order chi connectivity index (χ1) is 11.3. The number of aromatic amines is 1. The maximum Gasteiger partial charge on any atom is 0.356 e. The molecule has 0 fully saturated rings. The number of carbonyl (C=O) groups is 1. The number of carbonyl (C=O) groups excluding carboxylic acids is 1. The molecule has 0 unspecified atom stereocenters. The molecule has 23 heavy (non-hydrogen) atoms. The third kappa shape index (κ3) is 3.48. The lowest BCUT2D eigenvalue weighted by Gasteiger charge is -2.07. The lowest BCUT2D eigenvalue weighted by Crippen LogP contribution is -2.04. The fourth-order valence-corrected chi connectivity index (χ4v) is 2.51. The van der Waals surface area contributed by atoms with E-state index in [-0.39, 0.29) is 5.97 Å². The lowest BCUT2D eigenvalue weighted by molar-refractivity contribution is 0.0519. The van der Waals surface area contributed by atoms with Crippen LogP contribution in [0, 0.1) is 0 Å². The van der Waals surface area contributed by atoms with Gasteiger partial charge in [0, 0.05) is 5.56 Å². The van der Waals surface area contributed by atoms with Crippen molar-refractivity contribution in [1.29, 1.82) is 0 Å². The molecule has 4 heteroatoms. The van der Waals surface area contributed by atoms with E-state index in [2.05, 4.69) is 28.4 Å². The highest BCUT2D eigenvalue weighted by Crippen LogP contribution is 2.24. The molecule has 3 aromatic rings. The number of H-pyrrole nitrogens is 1. The molecule has 3 rings (SSSR count). The van der Waals surface area contributed by atoms with Crippen molar-refractivity contribution in [3.8, 4) is 11.3 Å². The summed E-state index contributed by atoms with van der Waals surface area (Å²) in [5, 5.41) is 7.02. The van der Waals surface area contributed by atoms with Gasteiger partial charge in [-0.15, -0.1) is 0 Å². The molecule has 0 bridgehead atoms. The second-order valence-electron chi connectivity index (χ2n) is 5.21. The number of rotatable bonds is 5. The molecule has 0 saturated carbocycles. The lowest BCUT2D eigenvalue weighted by atomic mass is 9.98. The maximum atomic E-state index is 11.8. The van der Waals surface area contributed by atoms with Gasteiger partial charge < -0.3 is 4.74 Å². The second-order valence-corrected chi connectivity index (χ2v) is 5.21. The molecule has 0 aliphatic carbocycles. The predicted molar refractivity (Wildman–Crippen MR) is 89.2 cm³/mol. The molecule has 0 spiro atoms. The van der Waals surface area contributed by atoms with E-state index in [1.165, 1.54) is 11.1 Å². The van der Waals surface area contributed by atoms with Crippen LogP contribution in [0.2, 0.25) is 0 Å². The Hall–Kier alpha value is -2.88. The first kappa shape index (κ1) is 15.0. The van der Waals surface area contributed by atoms with E-state index in [1.54, 1.807) is 13.0 Å². The summed E-state index contributed by atoms with van der Waals surface area (Å²) in [6.07, 6.45) is 0.818. The Morgan fingerprint density at radius 2 is 1.83 bits per heavy atom. The molecule has 0 amide bonds. The zero-order valence-electron chi connectivity index (χ0n) is 13.0. The van der Waals surface area contributed by atoms with Gasteiger partial charge in [-0.3, -0.25) is 5.10 Å². The van der Waals surface area contributed by atoms with Crippen LogP contribution >= 0.6 is 0 Å². The highest BCUT2D eigenvalue weighted by molar-refractivity contribution is 5.88. The van der Waals surface area contributed by atoms with Crippen molar-refractivity contribution < 1.29 is 9.53 Å². The number of nitrogens with zero attached hydrogens (tertiary/aromatic N) is 1. The molecular formula is C19H18N2O2. The summed E-state index contributed by atoms with van der Waals surface area (Å²) in [6, 6.07) is 20.1. The summed E-state index contributed by atoms with van der Waals surface area (Å²) >= 11 is 0. The molecule has 0 atom stereocenters. The third-order valence-electron chi connectivity index (χ3n) is 3.60. The quantitative estimate of drug-likeness (QED) is 0.729. The fourth-order valence-electron chi connectivity index (χ4n) is 2.51. The Kier molecular flexibility index (Phi) is 4.52. The van der Waals surface area contributed by atoms with Crippen molar-refractivity contribution in [2.75, 3.05) is 6.61 Å². The van der Waals surface area contributed by atoms with E-state index < -0.39 is 0 Å². The smallest absolute Gasteiger partial charge is 0.356 e. The van der Waals surface area contributed by atoms with Crippen LogP contribution in [-0.4, -0.2) is 22.8 Å². The minimum absolute atomic E-state index is 0.345. The summed E-state index contributed by atoms with van der Waals surface area (Å²) in [5.41, 5.74) is 4.54. The van der Waals surface area contributed by atoms with E-state index >= 15 is 0 Å². The van der Waals surface area contributed by atoms with E-state index in [0.717, 1.165) is 17.7 Å². The second kappa shape index (κ2) is 6.92. The molecule has 0 saturated heterocycles. The number of hydrogen-bond acceptors (Lipinski definition) is 3. The number of nitrogens with one attached hydrogen (secondary N) is 1. The van der Waals surface area contributed by atoms with Crippen molar-refractivity contribution in [3.05, 3.63) is 77.5 Å². The molecule has 0 radical (unpaired) electrons. The molecule has 4 nitrogen and oxygen atoms in total. The normalized spacial score (nSPS) is 10.5. The van der Waals surface area contributed by atoms with Gasteiger partial charge in [0.25, 0.3) is 0 Å². The van der Waals surface area contributed by atoms with Gasteiger partial charge in [-0.25, -0.2) is 4.79 Å². The summed E-state index contributed by atoms with van der Waals surface area (Å²) in [7, 11) is 0. The number of aromatic nitrogens is 2. The summed E-state index contributed by atoms with van der Waals surface area (Å²) in [5.74, 6) is -0.383. The number of benzene rings is 2. The molecule has 1 N–H and O–H groups in total. The van der Waals surface area contributed by atoms with Gasteiger partial charge in [-0.2, -0.15) is 5.10 Å². The summed E-state index contributed by atoms with van der Waals surface area (Å²) in [6.45, 7) is 2.13. The predicted octanol–water partition coefficient (Wildman–Crippen LogP) is 3.84. The number of esters is 1. The highest BCUT2D eigenvalue weighted by Gasteiger charge is 2.14. The van der Waals surface area contributed by atoms with Gasteiger partial charge in [0.2, 0.25) is 0 Å². The molecule has 0 aliphatic heterocycles. The number of ether oxygens (including phenoxy) is 1. The minimum atomic E-state index is -0.383. The van der Waals surface area contributed by atoms with Crippen molar-refractivity contribution >= 4 is 5.97 Å². The molecule has 1 heterocycles. The van der Waals surface area contributed by atoms with Crippen molar-refractivity contribution in [2.24, 2.45) is 0 Å². The highest BCUT2D eigenvalue weighted by atomic mass is 16.5. The molecule has 0 aliphatic rings. The number of hydrogen-bond donors (Lipinski definition) is 1. The first-order valence-corrected chi connectivity index (χ1v) is 7.62. The Bertz CT molecular complexity index is 794. The van der Waals surface area contributed by atoms with Crippen molar-refractivity contribution in [3.63, 3.8) is 0 Å². The standard InChI is InChI=1S/C19H18N2O2/c1-2-23-19(22)18-13-17(20-21-18)16-11-7-6-10-15(16)12-14-8-4-3-5-9-14/h3-11,13H,2,12H2,1H3,(H,20,21). The average Bonchev–Trinajstić information content (AvgIpc) is 3.06. The Balaban J connectivity index is 1.90. The van der Waals surface area contributed by atoms with Crippen LogP contribution < -0.4 is 0 Å². The van der Waals surface area contributed by atoms with Crippen molar-refractivity contribution in [1.82, 2.24) is 10.2 Å². The molecule has 116 valence electrons. The van der Waals surface area contributed by atoms with Gasteiger partial charge in [-0.1, -0.05) is 54.6 Å². The van der Waals surface area contributed by atoms with Gasteiger partial charge in [-0.05, 0) is 30.5 Å².